The van der Waals surface area contributed by atoms with Gasteiger partial charge in [0.05, 0.1) is 13.2 Å². The predicted molar refractivity (Wildman–Crippen MR) is 63.9 cm³/mol. The van der Waals surface area contributed by atoms with Crippen molar-refractivity contribution in [3.63, 3.8) is 0 Å². The zero-order valence-corrected chi connectivity index (χ0v) is 9.73. The third-order valence-corrected chi connectivity index (χ3v) is 2.89. The molecule has 0 bridgehead atoms. The number of ether oxygens (including phenoxy) is 1. The summed E-state index contributed by atoms with van der Waals surface area (Å²) in [5.74, 6) is 0.730. The fourth-order valence-electron chi connectivity index (χ4n) is 1.67. The first-order valence-corrected chi connectivity index (χ1v) is 5.52. The summed E-state index contributed by atoms with van der Waals surface area (Å²) in [4.78, 5) is 4.26. The van der Waals surface area contributed by atoms with Gasteiger partial charge in [-0.25, -0.2) is 4.99 Å². The van der Waals surface area contributed by atoms with E-state index in [2.05, 4.69) is 4.99 Å². The SMILES string of the molecule is CC(C)(CO)c1ccc(C2=NCCO2)cc1. The van der Waals surface area contributed by atoms with Gasteiger partial charge in [-0.05, 0) is 17.7 Å². The Kier molecular flexibility index (Phi) is 2.97. The van der Waals surface area contributed by atoms with Crippen molar-refractivity contribution in [1.82, 2.24) is 0 Å². The van der Waals surface area contributed by atoms with Crippen LogP contribution in [0.4, 0.5) is 0 Å². The van der Waals surface area contributed by atoms with Crippen molar-refractivity contribution in [2.24, 2.45) is 4.99 Å². The number of aliphatic hydroxyl groups excluding tert-OH is 1. The summed E-state index contributed by atoms with van der Waals surface area (Å²) < 4.78 is 5.39. The van der Waals surface area contributed by atoms with Gasteiger partial charge in [-0.1, -0.05) is 26.0 Å². The van der Waals surface area contributed by atoms with Crippen molar-refractivity contribution >= 4 is 5.90 Å². The van der Waals surface area contributed by atoms with E-state index in [4.69, 9.17) is 4.74 Å². The Bertz CT molecular complexity index is 393. The van der Waals surface area contributed by atoms with Crippen LogP contribution in [0.3, 0.4) is 0 Å². The van der Waals surface area contributed by atoms with E-state index in [9.17, 15) is 5.11 Å². The number of aliphatic imine (C=N–C) groups is 1. The van der Waals surface area contributed by atoms with Gasteiger partial charge in [-0.3, -0.25) is 0 Å². The second-order valence-electron chi connectivity index (χ2n) is 4.65. The van der Waals surface area contributed by atoms with Crippen LogP contribution >= 0.6 is 0 Å². The van der Waals surface area contributed by atoms with E-state index >= 15 is 0 Å². The number of nitrogens with zero attached hydrogens (tertiary/aromatic N) is 1. The van der Waals surface area contributed by atoms with Crippen LogP contribution in [0.25, 0.3) is 0 Å². The summed E-state index contributed by atoms with van der Waals surface area (Å²) in [6, 6.07) is 8.04. The molecule has 3 nitrogen and oxygen atoms in total. The van der Waals surface area contributed by atoms with Gasteiger partial charge in [-0.15, -0.1) is 0 Å². The van der Waals surface area contributed by atoms with Crippen LogP contribution in [0.5, 0.6) is 0 Å². The molecule has 0 saturated heterocycles. The summed E-state index contributed by atoms with van der Waals surface area (Å²) in [5, 5.41) is 9.28. The van der Waals surface area contributed by atoms with Gasteiger partial charge in [0.1, 0.15) is 6.61 Å². The minimum absolute atomic E-state index is 0.143. The lowest BCUT2D eigenvalue weighted by Gasteiger charge is -2.22. The van der Waals surface area contributed by atoms with Crippen molar-refractivity contribution in [1.29, 1.82) is 0 Å². The molecule has 16 heavy (non-hydrogen) atoms. The van der Waals surface area contributed by atoms with Crippen molar-refractivity contribution in [3.05, 3.63) is 35.4 Å². The number of hydrogen-bond acceptors (Lipinski definition) is 3. The van der Waals surface area contributed by atoms with E-state index in [-0.39, 0.29) is 12.0 Å². The molecule has 0 aliphatic carbocycles. The highest BCUT2D eigenvalue weighted by Gasteiger charge is 2.19. The molecule has 1 aromatic carbocycles. The van der Waals surface area contributed by atoms with Gasteiger partial charge in [0.25, 0.3) is 0 Å². The highest BCUT2D eigenvalue weighted by Crippen LogP contribution is 2.23. The van der Waals surface area contributed by atoms with Gasteiger partial charge in [0.15, 0.2) is 0 Å². The third-order valence-electron chi connectivity index (χ3n) is 2.89. The third kappa shape index (κ3) is 2.09. The summed E-state index contributed by atoms with van der Waals surface area (Å²) in [7, 11) is 0. The molecule has 1 N–H and O–H groups in total. The summed E-state index contributed by atoms with van der Waals surface area (Å²) in [5.41, 5.74) is 1.93. The first-order chi connectivity index (χ1) is 7.63. The lowest BCUT2D eigenvalue weighted by molar-refractivity contribution is 0.218. The maximum atomic E-state index is 9.28. The lowest BCUT2D eigenvalue weighted by atomic mass is 9.85. The number of benzene rings is 1. The fourth-order valence-corrected chi connectivity index (χ4v) is 1.67. The van der Waals surface area contributed by atoms with Crippen LogP contribution in [0.1, 0.15) is 25.0 Å². The maximum Gasteiger partial charge on any atom is 0.216 e. The second kappa shape index (κ2) is 4.26. The molecule has 0 saturated carbocycles. The number of hydrogen-bond donors (Lipinski definition) is 1. The van der Waals surface area contributed by atoms with Gasteiger partial charge >= 0.3 is 0 Å². The highest BCUT2D eigenvalue weighted by atomic mass is 16.5. The molecule has 1 aliphatic heterocycles. The predicted octanol–water partition coefficient (Wildman–Crippen LogP) is 1.73. The zero-order chi connectivity index (χ0) is 11.6. The van der Waals surface area contributed by atoms with E-state index in [1.165, 1.54) is 0 Å². The first-order valence-electron chi connectivity index (χ1n) is 5.52. The Hall–Kier alpha value is -1.35. The van der Waals surface area contributed by atoms with E-state index in [0.29, 0.717) is 6.61 Å². The van der Waals surface area contributed by atoms with Gasteiger partial charge in [0.2, 0.25) is 5.90 Å². The average Bonchev–Trinajstić information content (AvgIpc) is 2.83. The number of rotatable bonds is 3. The molecule has 0 unspecified atom stereocenters. The van der Waals surface area contributed by atoms with Gasteiger partial charge in [-0.2, -0.15) is 0 Å². The molecule has 86 valence electrons. The highest BCUT2D eigenvalue weighted by molar-refractivity contribution is 5.94. The van der Waals surface area contributed by atoms with E-state index in [0.717, 1.165) is 23.6 Å². The van der Waals surface area contributed by atoms with Crippen molar-refractivity contribution in [3.8, 4) is 0 Å². The molecule has 2 rings (SSSR count). The average molecular weight is 219 g/mol. The molecule has 1 heterocycles. The van der Waals surface area contributed by atoms with Crippen molar-refractivity contribution in [2.75, 3.05) is 19.8 Å². The molecule has 3 heteroatoms. The van der Waals surface area contributed by atoms with Crippen molar-refractivity contribution < 1.29 is 9.84 Å². The molecule has 0 radical (unpaired) electrons. The summed E-state index contributed by atoms with van der Waals surface area (Å²) in [6.45, 7) is 5.61. The van der Waals surface area contributed by atoms with Crippen LogP contribution in [0, 0.1) is 0 Å². The quantitative estimate of drug-likeness (QED) is 0.841. The van der Waals surface area contributed by atoms with Crippen LogP contribution < -0.4 is 0 Å². The smallest absolute Gasteiger partial charge is 0.216 e. The molecule has 0 spiro atoms. The largest absolute Gasteiger partial charge is 0.476 e. The van der Waals surface area contributed by atoms with Gasteiger partial charge < -0.3 is 9.84 Å². The molecule has 0 fully saturated rings. The number of aliphatic hydroxyl groups is 1. The summed E-state index contributed by atoms with van der Waals surface area (Å²) >= 11 is 0. The Morgan fingerprint density at radius 3 is 2.50 bits per heavy atom. The Balaban J connectivity index is 2.22. The Morgan fingerprint density at radius 1 is 1.31 bits per heavy atom. The van der Waals surface area contributed by atoms with Crippen LogP contribution in [-0.4, -0.2) is 30.8 Å². The first kappa shape index (κ1) is 11.1. The normalized spacial score (nSPS) is 15.8. The molecule has 1 aliphatic rings. The molecule has 1 aromatic rings. The van der Waals surface area contributed by atoms with Gasteiger partial charge in [0, 0.05) is 11.0 Å². The maximum absolute atomic E-state index is 9.28. The molecule has 0 atom stereocenters. The minimum Gasteiger partial charge on any atom is -0.476 e. The topological polar surface area (TPSA) is 41.8 Å². The molecule has 0 aromatic heterocycles. The van der Waals surface area contributed by atoms with E-state index in [1.54, 1.807) is 0 Å². The molecular formula is C13H17NO2. The van der Waals surface area contributed by atoms with Crippen molar-refractivity contribution in [2.45, 2.75) is 19.3 Å². The minimum atomic E-state index is -0.198. The molecule has 0 amide bonds. The standard InChI is InChI=1S/C13H17NO2/c1-13(2,9-15)11-5-3-10(4-6-11)12-14-7-8-16-12/h3-6,15H,7-9H2,1-2H3. The lowest BCUT2D eigenvalue weighted by Crippen LogP contribution is -2.22. The van der Waals surface area contributed by atoms with E-state index in [1.807, 2.05) is 38.1 Å². The second-order valence-corrected chi connectivity index (χ2v) is 4.65. The monoisotopic (exact) mass is 219 g/mol. The van der Waals surface area contributed by atoms with Crippen LogP contribution in [0.15, 0.2) is 29.3 Å². The summed E-state index contributed by atoms with van der Waals surface area (Å²) in [6.07, 6.45) is 0. The Labute approximate surface area is 95.8 Å². The Morgan fingerprint density at radius 2 is 2.00 bits per heavy atom. The van der Waals surface area contributed by atoms with Crippen LogP contribution in [-0.2, 0) is 10.2 Å². The van der Waals surface area contributed by atoms with Crippen LogP contribution in [0.2, 0.25) is 0 Å². The van der Waals surface area contributed by atoms with E-state index < -0.39 is 0 Å². The molecular weight excluding hydrogens is 202 g/mol. The fraction of sp³-hybridized carbons (Fsp3) is 0.462. The zero-order valence-electron chi connectivity index (χ0n) is 9.73.